The lowest BCUT2D eigenvalue weighted by atomic mass is 9.79. The van der Waals surface area contributed by atoms with Crippen molar-refractivity contribution >= 4 is 11.9 Å². The van der Waals surface area contributed by atoms with E-state index in [1.54, 1.807) is 18.2 Å². The van der Waals surface area contributed by atoms with E-state index >= 15 is 0 Å². The van der Waals surface area contributed by atoms with Crippen LogP contribution in [0.25, 0.3) is 0 Å². The van der Waals surface area contributed by atoms with E-state index in [1.807, 2.05) is 19.1 Å². The molecule has 13 heteroatoms. The van der Waals surface area contributed by atoms with Gasteiger partial charge in [-0.1, -0.05) is 0 Å². The summed E-state index contributed by atoms with van der Waals surface area (Å²) < 4.78 is 39.6. The molecule has 0 amide bonds. The van der Waals surface area contributed by atoms with E-state index in [9.17, 15) is 24.9 Å². The third-order valence-electron chi connectivity index (χ3n) is 7.39. The summed E-state index contributed by atoms with van der Waals surface area (Å²) >= 11 is 0. The van der Waals surface area contributed by atoms with Crippen LogP contribution >= 0.6 is 0 Å². The van der Waals surface area contributed by atoms with Crippen molar-refractivity contribution in [2.24, 2.45) is 0 Å². The van der Waals surface area contributed by atoms with Crippen molar-refractivity contribution in [1.82, 2.24) is 0 Å². The number of ether oxygens (including phenoxy) is 7. The van der Waals surface area contributed by atoms with Gasteiger partial charge in [0.2, 0.25) is 13.1 Å². The topological polar surface area (TPSA) is 180 Å². The monoisotopic (exact) mass is 546 g/mol. The van der Waals surface area contributed by atoms with Crippen LogP contribution in [0.3, 0.4) is 0 Å². The van der Waals surface area contributed by atoms with E-state index in [1.165, 1.54) is 0 Å². The van der Waals surface area contributed by atoms with Crippen molar-refractivity contribution < 1.29 is 63.2 Å². The van der Waals surface area contributed by atoms with Gasteiger partial charge in [-0.2, -0.15) is 0 Å². The highest BCUT2D eigenvalue weighted by Crippen LogP contribution is 2.57. The van der Waals surface area contributed by atoms with Gasteiger partial charge in [-0.25, -0.2) is 0 Å². The molecule has 0 saturated carbocycles. The molecular formula is C26H26O13. The van der Waals surface area contributed by atoms with Gasteiger partial charge in [0.15, 0.2) is 11.5 Å². The van der Waals surface area contributed by atoms with E-state index in [2.05, 4.69) is 0 Å². The number of aliphatic hydroxyl groups is 3. The molecule has 0 spiro atoms. The lowest BCUT2D eigenvalue weighted by Crippen LogP contribution is -2.60. The number of aliphatic carboxylic acids is 1. The van der Waals surface area contributed by atoms with Crippen LogP contribution in [-0.4, -0.2) is 83.1 Å². The molecule has 6 rings (SSSR count). The number of carbonyl (C=O) groups excluding carboxylic acids is 1. The Morgan fingerprint density at radius 3 is 2.51 bits per heavy atom. The highest BCUT2D eigenvalue weighted by molar-refractivity contribution is 5.90. The molecule has 4 N–H and O–H groups in total. The molecule has 4 aliphatic heterocycles. The van der Waals surface area contributed by atoms with Gasteiger partial charge < -0.3 is 53.6 Å². The summed E-state index contributed by atoms with van der Waals surface area (Å²) in [4.78, 5) is 22.2. The number of benzene rings is 2. The SMILES string of the molecule is C[C@]12Oc3cc4c(cc3[C@H]1COc1cc(O[C@H]3O[C@H](COC(=O)CC(=O)O)[C@H](O)[C@H](O)[C@H]3O)ccc12)OCO4. The van der Waals surface area contributed by atoms with Crippen molar-refractivity contribution in [3.05, 3.63) is 41.5 Å². The molecule has 0 radical (unpaired) electrons. The Bertz CT molecular complexity index is 1310. The molecule has 1 saturated heterocycles. The second-order valence-electron chi connectivity index (χ2n) is 9.86. The molecule has 4 aliphatic rings. The third kappa shape index (κ3) is 4.36. The van der Waals surface area contributed by atoms with E-state index in [4.69, 9.17) is 38.3 Å². The zero-order valence-corrected chi connectivity index (χ0v) is 20.6. The summed E-state index contributed by atoms with van der Waals surface area (Å²) in [7, 11) is 0. The molecule has 13 nitrogen and oxygen atoms in total. The Kier molecular flexibility index (Phi) is 6.18. The molecular weight excluding hydrogens is 520 g/mol. The molecule has 0 unspecified atom stereocenters. The second-order valence-corrected chi connectivity index (χ2v) is 9.86. The van der Waals surface area contributed by atoms with Gasteiger partial charge in [-0.05, 0) is 25.1 Å². The van der Waals surface area contributed by atoms with Crippen molar-refractivity contribution in [3.8, 4) is 28.7 Å². The number of esters is 1. The summed E-state index contributed by atoms with van der Waals surface area (Å²) in [6, 6.07) is 8.73. The maximum absolute atomic E-state index is 11.6. The van der Waals surface area contributed by atoms with Crippen LogP contribution < -0.4 is 23.7 Å². The van der Waals surface area contributed by atoms with E-state index < -0.39 is 61.3 Å². The molecule has 7 atom stereocenters. The number of aliphatic hydroxyl groups excluding tert-OH is 3. The highest BCUT2D eigenvalue weighted by atomic mass is 16.7. The van der Waals surface area contributed by atoms with Gasteiger partial charge in [0.25, 0.3) is 0 Å². The standard InChI is InChI=1S/C26H26O13/c1-26-13-3-2-11(37-25-24(32)23(31)22(30)19(38-25)9-34-21(29)7-20(27)28)4-16(13)33-8-14(26)12-5-17-18(36-10-35-17)6-15(12)39-26/h2-6,14,19,22-25,30-32H,7-10H2,1H3,(H,27,28)/t14-,19-,22+,23+,24-,25+,26-/m1/s1. The smallest absolute Gasteiger partial charge is 0.317 e. The van der Waals surface area contributed by atoms with Crippen molar-refractivity contribution in [1.29, 1.82) is 0 Å². The largest absolute Gasteiger partial charge is 0.492 e. The Morgan fingerprint density at radius 1 is 0.974 bits per heavy atom. The van der Waals surface area contributed by atoms with Crippen LogP contribution in [0.5, 0.6) is 28.7 Å². The average Bonchev–Trinajstić information content (AvgIpc) is 3.46. The van der Waals surface area contributed by atoms with Gasteiger partial charge in [0.1, 0.15) is 60.3 Å². The number of carboxylic acids is 1. The molecule has 39 heavy (non-hydrogen) atoms. The molecule has 0 aromatic heterocycles. The zero-order chi connectivity index (χ0) is 27.5. The van der Waals surface area contributed by atoms with Crippen LogP contribution in [0, 0.1) is 0 Å². The van der Waals surface area contributed by atoms with Crippen molar-refractivity contribution in [2.75, 3.05) is 20.0 Å². The third-order valence-corrected chi connectivity index (χ3v) is 7.39. The minimum absolute atomic E-state index is 0.106. The fourth-order valence-electron chi connectivity index (χ4n) is 5.30. The Balaban J connectivity index is 1.18. The second kappa shape index (κ2) is 9.45. The van der Waals surface area contributed by atoms with Crippen LogP contribution in [0.15, 0.2) is 30.3 Å². The Labute approximate surface area is 221 Å². The maximum Gasteiger partial charge on any atom is 0.317 e. The molecule has 0 bridgehead atoms. The number of carbonyl (C=O) groups is 2. The quantitative estimate of drug-likeness (QED) is 0.289. The van der Waals surface area contributed by atoms with Crippen LogP contribution in [0.1, 0.15) is 30.4 Å². The van der Waals surface area contributed by atoms with E-state index in [0.717, 1.165) is 11.1 Å². The Morgan fingerprint density at radius 2 is 1.74 bits per heavy atom. The lowest BCUT2D eigenvalue weighted by molar-refractivity contribution is -0.278. The number of carboxylic acid groups (broad SMARTS) is 1. The first-order valence-electron chi connectivity index (χ1n) is 12.3. The molecule has 4 heterocycles. The van der Waals surface area contributed by atoms with E-state index in [-0.39, 0.29) is 18.5 Å². The molecule has 208 valence electrons. The minimum atomic E-state index is -1.68. The van der Waals surface area contributed by atoms with Gasteiger partial charge in [-0.15, -0.1) is 0 Å². The first-order valence-corrected chi connectivity index (χ1v) is 12.3. The van der Waals surface area contributed by atoms with Gasteiger partial charge >= 0.3 is 11.9 Å². The normalized spacial score (nSPS) is 31.7. The average molecular weight is 546 g/mol. The number of rotatable bonds is 6. The Hall–Kier alpha value is -3.78. The molecule has 1 fully saturated rings. The number of hydrogen-bond acceptors (Lipinski definition) is 12. The molecule has 2 aromatic rings. The van der Waals surface area contributed by atoms with Crippen LogP contribution in [0.4, 0.5) is 0 Å². The van der Waals surface area contributed by atoms with Crippen molar-refractivity contribution in [3.63, 3.8) is 0 Å². The summed E-state index contributed by atoms with van der Waals surface area (Å²) in [5.74, 6) is 0.158. The predicted molar refractivity (Wildman–Crippen MR) is 126 cm³/mol. The van der Waals surface area contributed by atoms with Gasteiger partial charge in [-0.3, -0.25) is 9.59 Å². The number of fused-ring (bicyclic) bond motifs is 6. The fraction of sp³-hybridized carbons (Fsp3) is 0.462. The number of hydrogen-bond donors (Lipinski definition) is 4. The van der Waals surface area contributed by atoms with Gasteiger partial charge in [0, 0.05) is 23.3 Å². The minimum Gasteiger partial charge on any atom is -0.492 e. The highest BCUT2D eigenvalue weighted by Gasteiger charge is 2.52. The maximum atomic E-state index is 11.6. The molecule has 2 aromatic carbocycles. The zero-order valence-electron chi connectivity index (χ0n) is 20.6. The molecule has 0 aliphatic carbocycles. The first kappa shape index (κ1) is 25.5. The van der Waals surface area contributed by atoms with Crippen molar-refractivity contribution in [2.45, 2.75) is 55.6 Å². The first-order chi connectivity index (χ1) is 18.6. The fourth-order valence-corrected chi connectivity index (χ4v) is 5.30. The lowest BCUT2D eigenvalue weighted by Gasteiger charge is -2.40. The summed E-state index contributed by atoms with van der Waals surface area (Å²) in [6.07, 6.45) is -8.52. The summed E-state index contributed by atoms with van der Waals surface area (Å²) in [5.41, 5.74) is 0.984. The van der Waals surface area contributed by atoms with Crippen LogP contribution in [-0.2, 0) is 24.7 Å². The van der Waals surface area contributed by atoms with Crippen LogP contribution in [0.2, 0.25) is 0 Å². The predicted octanol–water partition coefficient (Wildman–Crippen LogP) is 0.403. The van der Waals surface area contributed by atoms with Gasteiger partial charge in [0.05, 0.1) is 12.5 Å². The summed E-state index contributed by atoms with van der Waals surface area (Å²) in [5, 5.41) is 39.7. The van der Waals surface area contributed by atoms with E-state index in [0.29, 0.717) is 29.6 Å². The summed E-state index contributed by atoms with van der Waals surface area (Å²) in [6.45, 7) is 1.89.